The Kier molecular flexibility index (Phi) is 5.73. The monoisotopic (exact) mass is 373 g/mol. The van der Waals surface area contributed by atoms with Gasteiger partial charge in [-0.2, -0.15) is 0 Å². The largest absolute Gasteiger partial charge is 0.497 e. The molecule has 2 fully saturated rings. The Morgan fingerprint density at radius 2 is 2.04 bits per heavy atom. The number of rotatable bonds is 8. The highest BCUT2D eigenvalue weighted by Gasteiger charge is 2.39. The molecular weight excluding hydrogens is 346 g/mol. The van der Waals surface area contributed by atoms with Crippen LogP contribution in [0.25, 0.3) is 0 Å². The molecule has 0 saturated carbocycles. The molecule has 0 atom stereocenters. The summed E-state index contributed by atoms with van der Waals surface area (Å²) in [7, 11) is 1.69. The minimum absolute atomic E-state index is 0.0871. The number of hydrogen-bond donors (Lipinski definition) is 1. The van der Waals surface area contributed by atoms with E-state index in [0.717, 1.165) is 63.0 Å². The second kappa shape index (κ2) is 8.39. The number of ether oxygens (including phenoxy) is 3. The first-order valence-electron chi connectivity index (χ1n) is 9.45. The lowest BCUT2D eigenvalue weighted by Gasteiger charge is -2.42. The molecule has 2 aromatic rings. The maximum absolute atomic E-state index is 5.56. The van der Waals surface area contributed by atoms with Gasteiger partial charge in [0, 0.05) is 32.1 Å². The third kappa shape index (κ3) is 4.68. The van der Waals surface area contributed by atoms with Gasteiger partial charge in [-0.3, -0.25) is 4.90 Å². The van der Waals surface area contributed by atoms with Gasteiger partial charge in [-0.05, 0) is 17.7 Å². The number of aromatic nitrogens is 1. The number of nitrogens with zero attached hydrogens (tertiary/aromatic N) is 2. The van der Waals surface area contributed by atoms with E-state index in [-0.39, 0.29) is 5.54 Å². The van der Waals surface area contributed by atoms with E-state index in [0.29, 0.717) is 13.2 Å². The lowest BCUT2D eigenvalue weighted by Crippen LogP contribution is -2.61. The maximum Gasteiger partial charge on any atom is 0.150 e. The van der Waals surface area contributed by atoms with Gasteiger partial charge in [0.2, 0.25) is 0 Å². The van der Waals surface area contributed by atoms with Gasteiger partial charge < -0.3 is 24.1 Å². The third-order valence-electron chi connectivity index (χ3n) is 5.17. The van der Waals surface area contributed by atoms with Gasteiger partial charge in [0.15, 0.2) is 5.76 Å². The van der Waals surface area contributed by atoms with Crippen LogP contribution in [-0.4, -0.2) is 62.2 Å². The smallest absolute Gasteiger partial charge is 0.150 e. The molecule has 1 aromatic carbocycles. The van der Waals surface area contributed by atoms with Crippen molar-refractivity contribution in [3.63, 3.8) is 0 Å². The zero-order valence-corrected chi connectivity index (χ0v) is 15.8. The van der Waals surface area contributed by atoms with Crippen molar-refractivity contribution in [2.24, 2.45) is 0 Å². The summed E-state index contributed by atoms with van der Waals surface area (Å²) in [5.41, 5.74) is 2.07. The summed E-state index contributed by atoms with van der Waals surface area (Å²) in [5, 5.41) is 7.93. The summed E-state index contributed by atoms with van der Waals surface area (Å²) < 4.78 is 21.8. The molecule has 2 aliphatic heterocycles. The Hall–Kier alpha value is -1.93. The van der Waals surface area contributed by atoms with Crippen LogP contribution in [0.3, 0.4) is 0 Å². The molecule has 146 valence electrons. The van der Waals surface area contributed by atoms with Crippen molar-refractivity contribution in [1.29, 1.82) is 0 Å². The van der Waals surface area contributed by atoms with Gasteiger partial charge in [0.1, 0.15) is 5.75 Å². The lowest BCUT2D eigenvalue weighted by molar-refractivity contribution is -0.0755. The zero-order chi connectivity index (χ0) is 18.5. The van der Waals surface area contributed by atoms with Gasteiger partial charge in [-0.25, -0.2) is 0 Å². The van der Waals surface area contributed by atoms with Crippen molar-refractivity contribution in [2.45, 2.75) is 25.0 Å². The number of morpholine rings is 1. The van der Waals surface area contributed by atoms with E-state index in [1.54, 1.807) is 7.11 Å². The van der Waals surface area contributed by atoms with E-state index in [1.165, 1.54) is 5.56 Å². The Morgan fingerprint density at radius 1 is 1.19 bits per heavy atom. The minimum atomic E-state index is -0.0871. The van der Waals surface area contributed by atoms with Crippen molar-refractivity contribution in [3.05, 3.63) is 47.3 Å². The highest BCUT2D eigenvalue weighted by molar-refractivity contribution is 5.28. The molecule has 0 amide bonds. The van der Waals surface area contributed by atoms with Crippen molar-refractivity contribution < 1.29 is 18.7 Å². The van der Waals surface area contributed by atoms with Gasteiger partial charge in [0.05, 0.1) is 51.3 Å². The first kappa shape index (κ1) is 18.4. The highest BCUT2D eigenvalue weighted by Crippen LogP contribution is 2.24. The Labute approximate surface area is 159 Å². The fourth-order valence-corrected chi connectivity index (χ4v) is 3.53. The number of nitrogens with one attached hydrogen (secondary N) is 1. The molecule has 0 radical (unpaired) electrons. The van der Waals surface area contributed by atoms with E-state index in [9.17, 15) is 0 Å². The lowest BCUT2D eigenvalue weighted by atomic mass is 9.91. The summed E-state index contributed by atoms with van der Waals surface area (Å²) in [4.78, 5) is 2.33. The molecule has 0 aliphatic carbocycles. The summed E-state index contributed by atoms with van der Waals surface area (Å²) in [6, 6.07) is 10.2. The maximum atomic E-state index is 5.56. The second-order valence-corrected chi connectivity index (χ2v) is 7.33. The SMILES string of the molecule is COc1cccc(CNC2(Cc3cc(CN4CCOCC4)on3)COC2)c1. The van der Waals surface area contributed by atoms with Gasteiger partial charge >= 0.3 is 0 Å². The van der Waals surface area contributed by atoms with Gasteiger partial charge in [0.25, 0.3) is 0 Å². The van der Waals surface area contributed by atoms with Gasteiger partial charge in [-0.1, -0.05) is 17.3 Å². The van der Waals surface area contributed by atoms with Crippen LogP contribution in [0.15, 0.2) is 34.9 Å². The quantitative estimate of drug-likeness (QED) is 0.754. The van der Waals surface area contributed by atoms with E-state index < -0.39 is 0 Å². The van der Waals surface area contributed by atoms with Crippen LogP contribution in [0, 0.1) is 0 Å². The number of benzene rings is 1. The van der Waals surface area contributed by atoms with E-state index >= 15 is 0 Å². The minimum Gasteiger partial charge on any atom is -0.497 e. The molecular formula is C20H27N3O4. The molecule has 7 heteroatoms. The molecule has 2 saturated heterocycles. The van der Waals surface area contributed by atoms with Crippen molar-refractivity contribution >= 4 is 0 Å². The molecule has 0 unspecified atom stereocenters. The average Bonchev–Trinajstić information content (AvgIpc) is 3.11. The standard InChI is InChI=1S/C20H27N3O4/c1-24-18-4-2-3-16(9-18)12-21-20(14-26-15-20)11-17-10-19(27-22-17)13-23-5-7-25-8-6-23/h2-4,9-10,21H,5-8,11-15H2,1H3. The van der Waals surface area contributed by atoms with Crippen LogP contribution in [0.1, 0.15) is 17.0 Å². The molecule has 1 N–H and O–H groups in total. The Bertz CT molecular complexity index is 738. The topological polar surface area (TPSA) is 69.0 Å². The number of hydrogen-bond acceptors (Lipinski definition) is 7. The molecule has 7 nitrogen and oxygen atoms in total. The molecule has 0 spiro atoms. The molecule has 0 bridgehead atoms. The van der Waals surface area contributed by atoms with Gasteiger partial charge in [-0.15, -0.1) is 0 Å². The fourth-order valence-electron chi connectivity index (χ4n) is 3.53. The van der Waals surface area contributed by atoms with Crippen molar-refractivity contribution in [3.8, 4) is 5.75 Å². The first-order valence-corrected chi connectivity index (χ1v) is 9.45. The summed E-state index contributed by atoms with van der Waals surface area (Å²) in [6.45, 7) is 6.37. The average molecular weight is 373 g/mol. The number of methoxy groups -OCH3 is 1. The van der Waals surface area contributed by atoms with Crippen LogP contribution in [0.5, 0.6) is 5.75 Å². The molecule has 27 heavy (non-hydrogen) atoms. The normalized spacial score (nSPS) is 19.6. The third-order valence-corrected chi connectivity index (χ3v) is 5.17. The van der Waals surface area contributed by atoms with Crippen LogP contribution < -0.4 is 10.1 Å². The summed E-state index contributed by atoms with van der Waals surface area (Å²) in [5.74, 6) is 1.78. The van der Waals surface area contributed by atoms with E-state index in [1.807, 2.05) is 12.1 Å². The van der Waals surface area contributed by atoms with Crippen LogP contribution in [-0.2, 0) is 29.0 Å². The predicted octanol–water partition coefficient (Wildman–Crippen LogP) is 1.62. The second-order valence-electron chi connectivity index (χ2n) is 7.33. The Morgan fingerprint density at radius 3 is 2.78 bits per heavy atom. The summed E-state index contributed by atoms with van der Waals surface area (Å²) >= 11 is 0. The summed E-state index contributed by atoms with van der Waals surface area (Å²) in [6.07, 6.45) is 0.795. The van der Waals surface area contributed by atoms with E-state index in [4.69, 9.17) is 18.7 Å². The fraction of sp³-hybridized carbons (Fsp3) is 0.550. The molecule has 3 heterocycles. The van der Waals surface area contributed by atoms with Crippen LogP contribution >= 0.6 is 0 Å². The van der Waals surface area contributed by atoms with E-state index in [2.05, 4.69) is 33.6 Å². The zero-order valence-electron chi connectivity index (χ0n) is 15.8. The van der Waals surface area contributed by atoms with Crippen LogP contribution in [0.2, 0.25) is 0 Å². The highest BCUT2D eigenvalue weighted by atomic mass is 16.5. The van der Waals surface area contributed by atoms with Crippen molar-refractivity contribution in [1.82, 2.24) is 15.4 Å². The first-order chi connectivity index (χ1) is 13.2. The Balaban J connectivity index is 1.34. The molecule has 4 rings (SSSR count). The predicted molar refractivity (Wildman–Crippen MR) is 99.7 cm³/mol. The van der Waals surface area contributed by atoms with Crippen molar-refractivity contribution in [2.75, 3.05) is 46.6 Å². The van der Waals surface area contributed by atoms with Crippen LogP contribution in [0.4, 0.5) is 0 Å². The molecule has 2 aliphatic rings. The molecule has 1 aromatic heterocycles.